The van der Waals surface area contributed by atoms with Crippen molar-refractivity contribution in [2.45, 2.75) is 33.3 Å². The quantitative estimate of drug-likeness (QED) is 0.591. The number of imide groups is 1. The van der Waals surface area contributed by atoms with Crippen LogP contribution in [0.5, 0.6) is 11.5 Å². The molecule has 162 valence electrons. The highest BCUT2D eigenvalue weighted by atomic mass is 32.2. The van der Waals surface area contributed by atoms with Gasteiger partial charge in [-0.25, -0.2) is 9.69 Å². The maximum Gasteiger partial charge on any atom is 0.344 e. The van der Waals surface area contributed by atoms with Gasteiger partial charge >= 0.3 is 5.97 Å². The Bertz CT molecular complexity index is 1030. The van der Waals surface area contributed by atoms with Crippen LogP contribution in [0.2, 0.25) is 0 Å². The van der Waals surface area contributed by atoms with Gasteiger partial charge in [-0.1, -0.05) is 25.1 Å². The van der Waals surface area contributed by atoms with E-state index in [2.05, 4.69) is 0 Å². The van der Waals surface area contributed by atoms with E-state index in [-0.39, 0.29) is 11.0 Å². The van der Waals surface area contributed by atoms with E-state index in [0.717, 1.165) is 28.6 Å². The third-order valence-corrected chi connectivity index (χ3v) is 5.48. The molecular formula is C23H23NO6S. The van der Waals surface area contributed by atoms with Crippen molar-refractivity contribution in [2.75, 3.05) is 11.5 Å². The highest BCUT2D eigenvalue weighted by Crippen LogP contribution is 2.37. The number of anilines is 1. The zero-order valence-electron chi connectivity index (χ0n) is 17.5. The van der Waals surface area contributed by atoms with Crippen LogP contribution in [0.1, 0.15) is 31.9 Å². The molecule has 0 saturated carbocycles. The number of aryl methyl sites for hydroxylation is 1. The summed E-state index contributed by atoms with van der Waals surface area (Å²) < 4.78 is 11.0. The number of amides is 2. The molecule has 0 aliphatic carbocycles. The summed E-state index contributed by atoms with van der Waals surface area (Å²) in [5.74, 6) is -0.832. The Labute approximate surface area is 184 Å². The van der Waals surface area contributed by atoms with Crippen molar-refractivity contribution >= 4 is 40.6 Å². The summed E-state index contributed by atoms with van der Waals surface area (Å²) in [4.78, 5) is 37.9. The van der Waals surface area contributed by atoms with Gasteiger partial charge in [0, 0.05) is 0 Å². The second-order valence-corrected chi connectivity index (χ2v) is 7.77. The molecule has 1 fully saturated rings. The number of carboxylic acids is 1. The van der Waals surface area contributed by atoms with Crippen LogP contribution in [0.25, 0.3) is 6.08 Å². The van der Waals surface area contributed by atoms with E-state index in [1.165, 1.54) is 6.92 Å². The Kier molecular flexibility index (Phi) is 7.02. The molecule has 1 aliphatic heterocycles. The van der Waals surface area contributed by atoms with Crippen LogP contribution < -0.4 is 14.4 Å². The monoisotopic (exact) mass is 441 g/mol. The number of aliphatic carboxylic acids is 1. The first kappa shape index (κ1) is 22.4. The lowest BCUT2D eigenvalue weighted by Crippen LogP contribution is -2.27. The molecule has 0 bridgehead atoms. The molecule has 0 spiro atoms. The lowest BCUT2D eigenvalue weighted by molar-refractivity contribution is -0.144. The number of carbonyl (C=O) groups is 3. The van der Waals surface area contributed by atoms with Crippen molar-refractivity contribution in [1.82, 2.24) is 0 Å². The van der Waals surface area contributed by atoms with Gasteiger partial charge < -0.3 is 14.6 Å². The number of benzene rings is 2. The second-order valence-electron chi connectivity index (χ2n) is 6.77. The fourth-order valence-corrected chi connectivity index (χ4v) is 3.78. The average Bonchev–Trinajstić information content (AvgIpc) is 3.03. The normalized spacial score (nSPS) is 16.0. The SMILES string of the molecule is CCOc1cc(/C=C2/SC(=O)N(c3ccc(CC)cc3)C2=O)ccc1OC(C)C(=O)O. The van der Waals surface area contributed by atoms with Gasteiger partial charge in [-0.2, -0.15) is 0 Å². The standard InChI is InChI=1S/C23H23NO6S/c1-4-15-6-9-17(10-7-15)24-21(25)20(31-23(24)28)13-16-8-11-18(19(12-16)29-5-2)30-14(3)22(26)27/h6-14H,4-5H2,1-3H3,(H,26,27)/b20-13+. The molecule has 0 radical (unpaired) electrons. The van der Waals surface area contributed by atoms with Crippen LogP contribution in [0.4, 0.5) is 10.5 Å². The van der Waals surface area contributed by atoms with E-state index in [4.69, 9.17) is 14.6 Å². The molecule has 1 heterocycles. The summed E-state index contributed by atoms with van der Waals surface area (Å²) in [5.41, 5.74) is 2.28. The minimum absolute atomic E-state index is 0.290. The first-order valence-corrected chi connectivity index (χ1v) is 10.7. The van der Waals surface area contributed by atoms with Crippen LogP contribution in [0.3, 0.4) is 0 Å². The number of rotatable bonds is 8. The Morgan fingerprint density at radius 1 is 1.13 bits per heavy atom. The zero-order valence-corrected chi connectivity index (χ0v) is 18.3. The maximum atomic E-state index is 12.9. The summed E-state index contributed by atoms with van der Waals surface area (Å²) in [5, 5.41) is 8.70. The summed E-state index contributed by atoms with van der Waals surface area (Å²) >= 11 is 0.868. The van der Waals surface area contributed by atoms with E-state index in [1.54, 1.807) is 43.3 Å². The van der Waals surface area contributed by atoms with Crippen molar-refractivity contribution in [1.29, 1.82) is 0 Å². The van der Waals surface area contributed by atoms with Crippen molar-refractivity contribution in [3.63, 3.8) is 0 Å². The number of thioether (sulfide) groups is 1. The maximum absolute atomic E-state index is 12.9. The number of hydrogen-bond acceptors (Lipinski definition) is 6. The Morgan fingerprint density at radius 2 is 1.84 bits per heavy atom. The van der Waals surface area contributed by atoms with Crippen molar-refractivity contribution in [3.05, 3.63) is 58.5 Å². The number of nitrogens with zero attached hydrogens (tertiary/aromatic N) is 1. The number of carbonyl (C=O) groups excluding carboxylic acids is 2. The fraction of sp³-hybridized carbons (Fsp3) is 0.261. The molecule has 31 heavy (non-hydrogen) atoms. The van der Waals surface area contributed by atoms with Gasteiger partial charge in [0.05, 0.1) is 17.2 Å². The van der Waals surface area contributed by atoms with Gasteiger partial charge in [0.1, 0.15) is 0 Å². The van der Waals surface area contributed by atoms with Gasteiger partial charge in [-0.05, 0) is 73.5 Å². The van der Waals surface area contributed by atoms with Crippen molar-refractivity contribution in [3.8, 4) is 11.5 Å². The van der Waals surface area contributed by atoms with Crippen LogP contribution >= 0.6 is 11.8 Å². The highest BCUT2D eigenvalue weighted by Gasteiger charge is 2.36. The van der Waals surface area contributed by atoms with Crippen LogP contribution in [-0.2, 0) is 16.0 Å². The molecule has 1 atom stereocenters. The predicted octanol–water partition coefficient (Wildman–Crippen LogP) is 4.74. The minimum Gasteiger partial charge on any atom is -0.490 e. The number of hydrogen-bond donors (Lipinski definition) is 1. The van der Waals surface area contributed by atoms with Crippen molar-refractivity contribution < 1.29 is 29.0 Å². The zero-order chi connectivity index (χ0) is 22.5. The molecule has 1 N–H and O–H groups in total. The third-order valence-electron chi connectivity index (χ3n) is 4.61. The molecule has 1 unspecified atom stereocenters. The Balaban J connectivity index is 1.86. The number of ether oxygens (including phenoxy) is 2. The molecule has 1 saturated heterocycles. The third kappa shape index (κ3) is 5.08. The van der Waals surface area contributed by atoms with Crippen molar-refractivity contribution in [2.24, 2.45) is 0 Å². The van der Waals surface area contributed by atoms with Gasteiger partial charge in [0.2, 0.25) is 0 Å². The lowest BCUT2D eigenvalue weighted by atomic mass is 10.1. The molecular weight excluding hydrogens is 418 g/mol. The smallest absolute Gasteiger partial charge is 0.344 e. The highest BCUT2D eigenvalue weighted by molar-refractivity contribution is 8.19. The topological polar surface area (TPSA) is 93.1 Å². The lowest BCUT2D eigenvalue weighted by Gasteiger charge is -2.15. The molecule has 8 heteroatoms. The van der Waals surface area contributed by atoms with Gasteiger partial charge in [0.15, 0.2) is 17.6 Å². The summed E-state index contributed by atoms with van der Waals surface area (Å²) in [6.45, 7) is 5.61. The van der Waals surface area contributed by atoms with E-state index in [1.807, 2.05) is 19.1 Å². The van der Waals surface area contributed by atoms with Crippen LogP contribution in [-0.4, -0.2) is 34.9 Å². The molecule has 0 aromatic heterocycles. The average molecular weight is 442 g/mol. The van der Waals surface area contributed by atoms with E-state index in [0.29, 0.717) is 28.5 Å². The summed E-state index contributed by atoms with van der Waals surface area (Å²) in [6.07, 6.45) is 1.44. The second kappa shape index (κ2) is 9.70. The molecule has 1 aliphatic rings. The van der Waals surface area contributed by atoms with Crippen LogP contribution in [0, 0.1) is 0 Å². The predicted molar refractivity (Wildman–Crippen MR) is 120 cm³/mol. The largest absolute Gasteiger partial charge is 0.490 e. The van der Waals surface area contributed by atoms with Gasteiger partial charge in [-0.3, -0.25) is 9.59 Å². The summed E-state index contributed by atoms with van der Waals surface area (Å²) in [6, 6.07) is 12.2. The van der Waals surface area contributed by atoms with E-state index < -0.39 is 18.0 Å². The summed E-state index contributed by atoms with van der Waals surface area (Å²) in [7, 11) is 0. The molecule has 7 nitrogen and oxygen atoms in total. The van der Waals surface area contributed by atoms with Gasteiger partial charge in [-0.15, -0.1) is 0 Å². The fourth-order valence-electron chi connectivity index (χ4n) is 2.94. The first-order valence-electron chi connectivity index (χ1n) is 9.87. The molecule has 2 aromatic rings. The first-order chi connectivity index (χ1) is 14.8. The van der Waals surface area contributed by atoms with Crippen LogP contribution in [0.15, 0.2) is 47.4 Å². The molecule has 2 amide bonds. The van der Waals surface area contributed by atoms with E-state index >= 15 is 0 Å². The molecule has 3 rings (SSSR count). The Morgan fingerprint density at radius 3 is 2.45 bits per heavy atom. The van der Waals surface area contributed by atoms with Gasteiger partial charge in [0.25, 0.3) is 11.1 Å². The molecule has 2 aromatic carbocycles. The Hall–Kier alpha value is -3.26. The minimum atomic E-state index is -1.09. The number of carboxylic acid groups (broad SMARTS) is 1. The van der Waals surface area contributed by atoms with E-state index in [9.17, 15) is 14.4 Å².